The van der Waals surface area contributed by atoms with Crippen molar-refractivity contribution in [3.63, 3.8) is 0 Å². The largest absolute Gasteiger partial charge is 0.490 e. The number of benzene rings is 2. The summed E-state index contributed by atoms with van der Waals surface area (Å²) in [5, 5.41) is 10.5. The lowest BCUT2D eigenvalue weighted by atomic mass is 9.99. The Morgan fingerprint density at radius 1 is 1.13 bits per heavy atom. The summed E-state index contributed by atoms with van der Waals surface area (Å²) in [5.41, 5.74) is 1.23. The molecule has 2 aromatic rings. The maximum atomic E-state index is 12.9. The van der Waals surface area contributed by atoms with Crippen LogP contribution in [0.4, 0.5) is 10.5 Å². The van der Waals surface area contributed by atoms with Crippen LogP contribution < -0.4 is 9.47 Å². The number of nitro groups is 1. The first-order valence-corrected chi connectivity index (χ1v) is 13.2. The monoisotopic (exact) mass is 539 g/mol. The van der Waals surface area contributed by atoms with Crippen molar-refractivity contribution in [3.8, 4) is 11.5 Å². The van der Waals surface area contributed by atoms with Crippen LogP contribution in [0.15, 0.2) is 47.4 Å². The summed E-state index contributed by atoms with van der Waals surface area (Å²) in [6.07, 6.45) is 3.42. The van der Waals surface area contributed by atoms with Crippen molar-refractivity contribution in [3.05, 3.63) is 68.6 Å². The predicted octanol–water partition coefficient (Wildman–Crippen LogP) is 4.87. The van der Waals surface area contributed by atoms with Crippen molar-refractivity contribution >= 4 is 40.6 Å². The highest BCUT2D eigenvalue weighted by Gasteiger charge is 2.37. The van der Waals surface area contributed by atoms with Crippen molar-refractivity contribution in [1.82, 2.24) is 9.80 Å². The fourth-order valence-corrected chi connectivity index (χ4v) is 5.04. The van der Waals surface area contributed by atoms with Gasteiger partial charge in [-0.2, -0.15) is 0 Å². The van der Waals surface area contributed by atoms with Gasteiger partial charge < -0.3 is 14.4 Å². The molecule has 0 aliphatic carbocycles. The highest BCUT2D eigenvalue weighted by molar-refractivity contribution is 8.18. The lowest BCUT2D eigenvalue weighted by Gasteiger charge is -2.31. The maximum absolute atomic E-state index is 12.9. The highest BCUT2D eigenvalue weighted by Crippen LogP contribution is 2.35. The second-order valence-corrected chi connectivity index (χ2v) is 10.2. The van der Waals surface area contributed by atoms with E-state index in [4.69, 9.17) is 9.47 Å². The quantitative estimate of drug-likeness (QED) is 0.252. The van der Waals surface area contributed by atoms with Gasteiger partial charge >= 0.3 is 0 Å². The smallest absolute Gasteiger partial charge is 0.294 e. The number of likely N-dealkylation sites (tertiary alicyclic amines) is 1. The molecule has 2 saturated heterocycles. The number of hydrogen-bond donors (Lipinski definition) is 0. The second-order valence-electron chi connectivity index (χ2n) is 9.19. The number of hydrogen-bond acceptors (Lipinski definition) is 8. The zero-order valence-corrected chi connectivity index (χ0v) is 22.1. The molecule has 0 unspecified atom stereocenters. The molecule has 2 aliphatic heterocycles. The lowest BCUT2D eigenvalue weighted by molar-refractivity contribution is -0.384. The Labute approximate surface area is 224 Å². The summed E-state index contributed by atoms with van der Waals surface area (Å²) in [4.78, 5) is 51.6. The number of imide groups is 1. The number of piperidine rings is 1. The van der Waals surface area contributed by atoms with Crippen molar-refractivity contribution in [2.24, 2.45) is 5.92 Å². The van der Waals surface area contributed by atoms with Crippen LogP contribution in [-0.2, 0) is 16.2 Å². The minimum Gasteiger partial charge on any atom is -0.490 e. The Morgan fingerprint density at radius 2 is 1.89 bits per heavy atom. The Bertz CT molecular complexity index is 1270. The van der Waals surface area contributed by atoms with Gasteiger partial charge in [0.2, 0.25) is 5.91 Å². The first-order valence-electron chi connectivity index (χ1n) is 12.4. The summed E-state index contributed by atoms with van der Waals surface area (Å²) in [7, 11) is 0. The molecule has 0 saturated carbocycles. The number of rotatable bonds is 9. The SMILES string of the molecule is CCOc1cc(/C=C2/SC(=O)N(CC(=O)N3CCC(C)CC3)C2=O)ccc1OCc1cccc([N+](=O)[O-])c1. The molecule has 0 atom stereocenters. The number of carbonyl (C=O) groups is 3. The Hall–Kier alpha value is -3.86. The van der Waals surface area contributed by atoms with Crippen molar-refractivity contribution in [2.75, 3.05) is 26.2 Å². The van der Waals surface area contributed by atoms with E-state index in [0.29, 0.717) is 48.2 Å². The van der Waals surface area contributed by atoms with Crippen LogP contribution in [0, 0.1) is 16.0 Å². The van der Waals surface area contributed by atoms with E-state index in [0.717, 1.165) is 29.5 Å². The Morgan fingerprint density at radius 3 is 2.61 bits per heavy atom. The number of nitro benzene ring substituents is 1. The summed E-state index contributed by atoms with van der Waals surface area (Å²) < 4.78 is 11.6. The molecule has 2 heterocycles. The molecule has 2 aromatic carbocycles. The van der Waals surface area contributed by atoms with Gasteiger partial charge in [0.25, 0.3) is 16.8 Å². The van der Waals surface area contributed by atoms with E-state index in [9.17, 15) is 24.5 Å². The van der Waals surface area contributed by atoms with E-state index in [2.05, 4.69) is 6.92 Å². The van der Waals surface area contributed by atoms with Gasteiger partial charge in [-0.05, 0) is 66.8 Å². The van der Waals surface area contributed by atoms with Gasteiger partial charge in [0.05, 0.1) is 16.4 Å². The van der Waals surface area contributed by atoms with E-state index >= 15 is 0 Å². The van der Waals surface area contributed by atoms with Crippen molar-refractivity contribution < 1.29 is 28.8 Å². The number of ether oxygens (including phenoxy) is 2. The van der Waals surface area contributed by atoms with E-state index in [1.807, 2.05) is 6.92 Å². The number of nitrogens with zero attached hydrogens (tertiary/aromatic N) is 3. The third-order valence-corrected chi connectivity index (χ3v) is 7.29. The van der Waals surface area contributed by atoms with Gasteiger partial charge in [0.15, 0.2) is 11.5 Å². The van der Waals surface area contributed by atoms with E-state index in [1.54, 1.807) is 41.3 Å². The summed E-state index contributed by atoms with van der Waals surface area (Å²) in [6, 6.07) is 11.3. The van der Waals surface area contributed by atoms with Gasteiger partial charge in [-0.15, -0.1) is 0 Å². The van der Waals surface area contributed by atoms with Crippen LogP contribution in [0.1, 0.15) is 37.8 Å². The van der Waals surface area contributed by atoms with Crippen LogP contribution in [-0.4, -0.2) is 58.0 Å². The molecule has 0 N–H and O–H groups in total. The average molecular weight is 540 g/mol. The molecule has 200 valence electrons. The highest BCUT2D eigenvalue weighted by atomic mass is 32.2. The predicted molar refractivity (Wildman–Crippen MR) is 143 cm³/mol. The Balaban J connectivity index is 1.44. The molecule has 38 heavy (non-hydrogen) atoms. The summed E-state index contributed by atoms with van der Waals surface area (Å²) in [6.45, 7) is 5.46. The third kappa shape index (κ3) is 6.52. The third-order valence-electron chi connectivity index (χ3n) is 6.38. The molecule has 0 aromatic heterocycles. The molecule has 3 amide bonds. The molecule has 4 rings (SSSR count). The van der Waals surface area contributed by atoms with E-state index in [-0.39, 0.29) is 29.7 Å². The normalized spacial score (nSPS) is 17.3. The number of thioether (sulfide) groups is 1. The zero-order valence-electron chi connectivity index (χ0n) is 21.3. The van der Waals surface area contributed by atoms with Crippen LogP contribution in [0.25, 0.3) is 6.08 Å². The van der Waals surface area contributed by atoms with Crippen LogP contribution >= 0.6 is 11.8 Å². The standard InChI is InChI=1S/C27H29N3O7S/c1-3-36-23-14-19(7-8-22(23)37-17-20-5-4-6-21(13-20)30(34)35)15-24-26(32)29(27(33)38-24)16-25(31)28-11-9-18(2)10-12-28/h4-8,13-15,18H,3,9-12,16-17H2,1-2H3/b24-15+. The second kappa shape index (κ2) is 12.1. The molecule has 2 fully saturated rings. The molecule has 0 radical (unpaired) electrons. The minimum absolute atomic E-state index is 0.0207. The van der Waals surface area contributed by atoms with Crippen LogP contribution in [0.5, 0.6) is 11.5 Å². The van der Waals surface area contributed by atoms with Gasteiger partial charge in [0.1, 0.15) is 13.2 Å². The minimum atomic E-state index is -0.498. The number of carbonyl (C=O) groups excluding carboxylic acids is 3. The fourth-order valence-electron chi connectivity index (χ4n) is 4.20. The number of non-ortho nitro benzene ring substituents is 1. The van der Waals surface area contributed by atoms with Crippen LogP contribution in [0.3, 0.4) is 0 Å². The van der Waals surface area contributed by atoms with Gasteiger partial charge in [-0.25, -0.2) is 0 Å². The first kappa shape index (κ1) is 27.2. The number of amides is 3. The molecule has 11 heteroatoms. The summed E-state index contributed by atoms with van der Waals surface area (Å²) >= 11 is 0.801. The van der Waals surface area contributed by atoms with Gasteiger partial charge in [-0.1, -0.05) is 25.1 Å². The molecular formula is C27H29N3O7S. The fraction of sp³-hybridized carbons (Fsp3) is 0.370. The molecular weight excluding hydrogens is 510 g/mol. The van der Waals surface area contributed by atoms with Gasteiger partial charge in [-0.3, -0.25) is 29.4 Å². The molecule has 2 aliphatic rings. The Kier molecular flexibility index (Phi) is 8.67. The molecule has 10 nitrogen and oxygen atoms in total. The van der Waals surface area contributed by atoms with E-state index in [1.165, 1.54) is 12.1 Å². The van der Waals surface area contributed by atoms with Crippen molar-refractivity contribution in [1.29, 1.82) is 0 Å². The lowest BCUT2D eigenvalue weighted by Crippen LogP contribution is -2.45. The van der Waals surface area contributed by atoms with E-state index < -0.39 is 16.1 Å². The van der Waals surface area contributed by atoms with Gasteiger partial charge in [0, 0.05) is 25.2 Å². The molecule has 0 bridgehead atoms. The maximum Gasteiger partial charge on any atom is 0.294 e. The first-order chi connectivity index (χ1) is 18.2. The average Bonchev–Trinajstić information content (AvgIpc) is 3.16. The molecule has 0 spiro atoms. The zero-order chi connectivity index (χ0) is 27.2. The topological polar surface area (TPSA) is 119 Å². The summed E-state index contributed by atoms with van der Waals surface area (Å²) in [5.74, 6) is 0.717. The van der Waals surface area contributed by atoms with Crippen molar-refractivity contribution in [2.45, 2.75) is 33.3 Å². The van der Waals surface area contributed by atoms with Crippen LogP contribution in [0.2, 0.25) is 0 Å².